The third-order valence-electron chi connectivity index (χ3n) is 7.16. The molecule has 1 aromatic carbocycles. The average Bonchev–Trinajstić information content (AvgIpc) is 3.62. The molecule has 2 heterocycles. The predicted octanol–water partition coefficient (Wildman–Crippen LogP) is 2.68. The molecule has 0 bridgehead atoms. The minimum atomic E-state index is -1.30. The molecule has 2 aliphatic carbocycles. The number of carboxylic acids is 1. The second-order valence-corrected chi connectivity index (χ2v) is 8.94. The number of carboxylic acid groups (broad SMARTS) is 1. The Kier molecular flexibility index (Phi) is 4.16. The van der Waals surface area contributed by atoms with Gasteiger partial charge in [-0.15, -0.1) is 0 Å². The molecule has 1 unspecified atom stereocenters. The first-order valence-corrected chi connectivity index (χ1v) is 10.4. The van der Waals surface area contributed by atoms with E-state index < -0.39 is 17.2 Å². The van der Waals surface area contributed by atoms with Crippen LogP contribution >= 0.6 is 0 Å². The van der Waals surface area contributed by atoms with Crippen molar-refractivity contribution in [2.45, 2.75) is 44.7 Å². The number of methoxy groups -OCH3 is 1. The lowest BCUT2D eigenvalue weighted by molar-refractivity contribution is 0.0695. The fraction of sp³-hybridized carbons (Fsp3) is 0.545. The van der Waals surface area contributed by atoms with Gasteiger partial charge in [0, 0.05) is 42.3 Å². The Morgan fingerprint density at radius 3 is 2.57 bits per heavy atom. The molecular weight excluding hydrogens is 389 g/mol. The SMILES string of the molecule is CNC1CN(c2c(F)c(C)c3c(=O)c(C(=O)O)cn(C4CC4)c3c2OC)CC12CC2. The largest absolute Gasteiger partial charge is 0.492 e. The van der Waals surface area contributed by atoms with Crippen LogP contribution in [0.2, 0.25) is 0 Å². The van der Waals surface area contributed by atoms with Crippen LogP contribution in [0.4, 0.5) is 10.1 Å². The molecule has 0 radical (unpaired) electrons. The molecule has 1 spiro atoms. The lowest BCUT2D eigenvalue weighted by Gasteiger charge is -2.26. The molecule has 30 heavy (non-hydrogen) atoms. The van der Waals surface area contributed by atoms with E-state index in [0.29, 0.717) is 23.5 Å². The number of ether oxygens (including phenoxy) is 1. The van der Waals surface area contributed by atoms with Gasteiger partial charge in [0.1, 0.15) is 11.3 Å². The van der Waals surface area contributed by atoms with E-state index in [2.05, 4.69) is 5.32 Å². The number of aryl methyl sites for hydroxylation is 1. The van der Waals surface area contributed by atoms with Gasteiger partial charge in [0.05, 0.1) is 18.0 Å². The Balaban J connectivity index is 1.81. The molecule has 1 aromatic heterocycles. The van der Waals surface area contributed by atoms with Crippen LogP contribution in [0, 0.1) is 18.2 Å². The topological polar surface area (TPSA) is 83.8 Å². The highest BCUT2D eigenvalue weighted by atomic mass is 19.1. The van der Waals surface area contributed by atoms with Crippen LogP contribution in [0.3, 0.4) is 0 Å². The van der Waals surface area contributed by atoms with Gasteiger partial charge < -0.3 is 24.6 Å². The molecule has 3 aliphatic rings. The number of nitrogens with one attached hydrogen (secondary N) is 1. The number of benzene rings is 1. The summed E-state index contributed by atoms with van der Waals surface area (Å²) in [5.41, 5.74) is 0.230. The summed E-state index contributed by atoms with van der Waals surface area (Å²) in [6.45, 7) is 2.95. The average molecular weight is 415 g/mol. The van der Waals surface area contributed by atoms with E-state index in [-0.39, 0.29) is 34.0 Å². The van der Waals surface area contributed by atoms with Gasteiger partial charge in [0.2, 0.25) is 5.43 Å². The van der Waals surface area contributed by atoms with E-state index in [1.807, 2.05) is 16.5 Å². The monoisotopic (exact) mass is 415 g/mol. The van der Waals surface area contributed by atoms with Gasteiger partial charge in [-0.3, -0.25) is 4.79 Å². The van der Waals surface area contributed by atoms with Crippen LogP contribution in [0.5, 0.6) is 5.75 Å². The van der Waals surface area contributed by atoms with Gasteiger partial charge in [-0.1, -0.05) is 0 Å². The Bertz CT molecular complexity index is 1130. The molecule has 1 saturated heterocycles. The number of carbonyl (C=O) groups is 1. The van der Waals surface area contributed by atoms with E-state index >= 15 is 4.39 Å². The van der Waals surface area contributed by atoms with Crippen molar-refractivity contribution in [3.05, 3.63) is 33.4 Å². The Hall–Kier alpha value is -2.61. The van der Waals surface area contributed by atoms with Crippen LogP contribution in [0.15, 0.2) is 11.0 Å². The third-order valence-corrected chi connectivity index (χ3v) is 7.16. The maximum absolute atomic E-state index is 15.8. The molecule has 2 aromatic rings. The van der Waals surface area contributed by atoms with Crippen molar-refractivity contribution in [3.63, 3.8) is 0 Å². The van der Waals surface area contributed by atoms with Gasteiger partial charge >= 0.3 is 5.97 Å². The maximum Gasteiger partial charge on any atom is 0.341 e. The molecular formula is C22H26FN3O4. The van der Waals surface area contributed by atoms with E-state index in [4.69, 9.17) is 4.74 Å². The van der Waals surface area contributed by atoms with Crippen LogP contribution in [-0.4, -0.2) is 48.9 Å². The lowest BCUT2D eigenvalue weighted by Crippen LogP contribution is -2.34. The molecule has 2 saturated carbocycles. The second kappa shape index (κ2) is 6.44. The number of anilines is 1. The highest BCUT2D eigenvalue weighted by Crippen LogP contribution is 2.55. The van der Waals surface area contributed by atoms with Crippen molar-refractivity contribution >= 4 is 22.6 Å². The van der Waals surface area contributed by atoms with Gasteiger partial charge in [-0.2, -0.15) is 0 Å². The molecule has 5 rings (SSSR count). The maximum atomic E-state index is 15.8. The number of aromatic carboxylic acids is 1. The van der Waals surface area contributed by atoms with Crippen molar-refractivity contribution in [2.24, 2.45) is 5.41 Å². The Morgan fingerprint density at radius 2 is 2.07 bits per heavy atom. The summed E-state index contributed by atoms with van der Waals surface area (Å²) in [7, 11) is 3.42. The predicted molar refractivity (Wildman–Crippen MR) is 111 cm³/mol. The van der Waals surface area contributed by atoms with Gasteiger partial charge in [0.25, 0.3) is 0 Å². The number of aromatic nitrogens is 1. The standard InChI is InChI=1S/C22H26FN3O4/c1-11-15-17(26(12-4-5-12)8-13(19(15)27)21(28)29)20(30-3)18(16(11)23)25-9-14(24-2)22(10-25)6-7-22/h8,12,14,24H,4-7,9-10H2,1-3H3,(H,28,29). The molecule has 1 aliphatic heterocycles. The zero-order valence-corrected chi connectivity index (χ0v) is 17.4. The minimum Gasteiger partial charge on any atom is -0.492 e. The second-order valence-electron chi connectivity index (χ2n) is 8.94. The number of likely N-dealkylation sites (N-methyl/N-ethyl adjacent to an activating group) is 1. The van der Waals surface area contributed by atoms with E-state index in [0.717, 1.165) is 32.2 Å². The van der Waals surface area contributed by atoms with Crippen LogP contribution in [-0.2, 0) is 0 Å². The van der Waals surface area contributed by atoms with Gasteiger partial charge in [0.15, 0.2) is 11.6 Å². The summed E-state index contributed by atoms with van der Waals surface area (Å²) >= 11 is 0. The first-order chi connectivity index (χ1) is 14.3. The van der Waals surface area contributed by atoms with Crippen LogP contribution in [0.1, 0.15) is 47.6 Å². The highest BCUT2D eigenvalue weighted by molar-refractivity contribution is 5.99. The van der Waals surface area contributed by atoms with Crippen molar-refractivity contribution in [1.29, 1.82) is 0 Å². The van der Waals surface area contributed by atoms with Crippen molar-refractivity contribution in [3.8, 4) is 5.75 Å². The fourth-order valence-corrected chi connectivity index (χ4v) is 5.18. The Morgan fingerprint density at radius 1 is 1.37 bits per heavy atom. The lowest BCUT2D eigenvalue weighted by atomic mass is 10.0. The zero-order chi connectivity index (χ0) is 21.4. The van der Waals surface area contributed by atoms with Crippen LogP contribution < -0.4 is 20.4 Å². The van der Waals surface area contributed by atoms with E-state index in [1.165, 1.54) is 13.3 Å². The summed E-state index contributed by atoms with van der Waals surface area (Å²) in [5, 5.41) is 13.0. The summed E-state index contributed by atoms with van der Waals surface area (Å²) in [6, 6.07) is 0.369. The molecule has 2 N–H and O–H groups in total. The van der Waals surface area contributed by atoms with Gasteiger partial charge in [-0.25, -0.2) is 9.18 Å². The molecule has 8 heteroatoms. The summed E-state index contributed by atoms with van der Waals surface area (Å²) < 4.78 is 23.3. The smallest absolute Gasteiger partial charge is 0.341 e. The van der Waals surface area contributed by atoms with Crippen molar-refractivity contribution in [1.82, 2.24) is 9.88 Å². The summed E-state index contributed by atoms with van der Waals surface area (Å²) in [6.07, 6.45) is 5.40. The Labute approximate surface area is 173 Å². The summed E-state index contributed by atoms with van der Waals surface area (Å²) in [4.78, 5) is 26.7. The fourth-order valence-electron chi connectivity index (χ4n) is 5.18. The number of nitrogens with zero attached hydrogens (tertiary/aromatic N) is 2. The number of halogens is 1. The molecule has 7 nitrogen and oxygen atoms in total. The number of hydrogen-bond donors (Lipinski definition) is 2. The first-order valence-electron chi connectivity index (χ1n) is 10.4. The molecule has 3 fully saturated rings. The normalized spacial score (nSPS) is 22.1. The molecule has 160 valence electrons. The summed E-state index contributed by atoms with van der Waals surface area (Å²) in [5.74, 6) is -1.48. The number of pyridine rings is 1. The number of fused-ring (bicyclic) bond motifs is 1. The number of rotatable bonds is 5. The van der Waals surface area contributed by atoms with E-state index in [1.54, 1.807) is 6.92 Å². The molecule has 0 amide bonds. The zero-order valence-electron chi connectivity index (χ0n) is 17.4. The van der Waals surface area contributed by atoms with Gasteiger partial charge in [-0.05, 0) is 39.7 Å². The first kappa shape index (κ1) is 19.4. The molecule has 1 atom stereocenters. The minimum absolute atomic E-state index is 0.0937. The third kappa shape index (κ3) is 2.59. The van der Waals surface area contributed by atoms with Crippen LogP contribution in [0.25, 0.3) is 10.9 Å². The van der Waals surface area contributed by atoms with Crippen molar-refractivity contribution in [2.75, 3.05) is 32.1 Å². The quantitative estimate of drug-likeness (QED) is 0.781. The van der Waals surface area contributed by atoms with Crippen molar-refractivity contribution < 1.29 is 19.0 Å². The number of hydrogen-bond acceptors (Lipinski definition) is 5. The highest BCUT2D eigenvalue weighted by Gasteiger charge is 2.55. The van der Waals surface area contributed by atoms with E-state index in [9.17, 15) is 14.7 Å².